The summed E-state index contributed by atoms with van der Waals surface area (Å²) in [5.41, 5.74) is 3.11. The van der Waals surface area contributed by atoms with Crippen LogP contribution in [0.3, 0.4) is 0 Å². The van der Waals surface area contributed by atoms with E-state index in [1.165, 1.54) is 10.9 Å². The van der Waals surface area contributed by atoms with E-state index in [2.05, 4.69) is 45.4 Å². The molecular formula is C16H15BrClN3. The number of rotatable bonds is 4. The molecule has 21 heavy (non-hydrogen) atoms. The lowest BCUT2D eigenvalue weighted by atomic mass is 10.2. The maximum absolute atomic E-state index is 6.23. The molecule has 0 fully saturated rings. The third-order valence-corrected chi connectivity index (χ3v) is 4.22. The molecule has 3 rings (SSSR count). The van der Waals surface area contributed by atoms with Crippen molar-refractivity contribution in [2.45, 2.75) is 20.0 Å². The van der Waals surface area contributed by atoms with Crippen LogP contribution in [-0.4, -0.2) is 9.78 Å². The molecule has 5 heteroatoms. The SMILES string of the molecule is CCn1nc(CNc2ccc(Br)cc2Cl)c2ccccc21. The molecule has 0 aliphatic carbocycles. The van der Waals surface area contributed by atoms with Gasteiger partial charge in [-0.05, 0) is 31.2 Å². The molecule has 3 aromatic rings. The number of aromatic nitrogens is 2. The number of fused-ring (bicyclic) bond motifs is 1. The molecule has 0 saturated heterocycles. The second kappa shape index (κ2) is 6.08. The van der Waals surface area contributed by atoms with E-state index in [1.807, 2.05) is 35.0 Å². The van der Waals surface area contributed by atoms with Crippen LogP contribution >= 0.6 is 27.5 Å². The van der Waals surface area contributed by atoms with E-state index in [-0.39, 0.29) is 0 Å². The van der Waals surface area contributed by atoms with Gasteiger partial charge in [-0.1, -0.05) is 45.7 Å². The summed E-state index contributed by atoms with van der Waals surface area (Å²) < 4.78 is 2.99. The summed E-state index contributed by atoms with van der Waals surface area (Å²) in [5, 5.41) is 9.91. The summed E-state index contributed by atoms with van der Waals surface area (Å²) in [7, 11) is 0. The molecule has 108 valence electrons. The van der Waals surface area contributed by atoms with Crippen molar-refractivity contribution in [3.05, 3.63) is 57.7 Å². The second-order valence-corrected chi connectivity index (χ2v) is 6.08. The predicted octanol–water partition coefficient (Wildman–Crippen LogP) is 5.08. The number of nitrogens with one attached hydrogen (secondary N) is 1. The van der Waals surface area contributed by atoms with E-state index in [9.17, 15) is 0 Å². The molecule has 0 saturated carbocycles. The van der Waals surface area contributed by atoms with Crippen molar-refractivity contribution in [3.8, 4) is 0 Å². The van der Waals surface area contributed by atoms with Crippen LogP contribution in [0.2, 0.25) is 5.02 Å². The average molecular weight is 365 g/mol. The molecule has 1 heterocycles. The molecule has 0 bridgehead atoms. The topological polar surface area (TPSA) is 29.9 Å². The first kappa shape index (κ1) is 14.4. The van der Waals surface area contributed by atoms with Gasteiger partial charge >= 0.3 is 0 Å². The zero-order valence-corrected chi connectivity index (χ0v) is 13.9. The molecular weight excluding hydrogens is 350 g/mol. The number of para-hydroxylation sites is 1. The summed E-state index contributed by atoms with van der Waals surface area (Å²) >= 11 is 9.64. The number of nitrogens with zero attached hydrogens (tertiary/aromatic N) is 2. The van der Waals surface area contributed by atoms with Crippen LogP contribution in [-0.2, 0) is 13.1 Å². The minimum atomic E-state index is 0.648. The highest BCUT2D eigenvalue weighted by Crippen LogP contribution is 2.27. The van der Waals surface area contributed by atoms with Gasteiger partial charge in [0.15, 0.2) is 0 Å². The smallest absolute Gasteiger partial charge is 0.0894 e. The molecule has 0 aliphatic rings. The maximum Gasteiger partial charge on any atom is 0.0894 e. The second-order valence-electron chi connectivity index (χ2n) is 4.76. The largest absolute Gasteiger partial charge is 0.378 e. The number of halogens is 2. The lowest BCUT2D eigenvalue weighted by Gasteiger charge is -2.07. The number of anilines is 1. The fourth-order valence-electron chi connectivity index (χ4n) is 2.38. The minimum absolute atomic E-state index is 0.648. The van der Waals surface area contributed by atoms with Crippen LogP contribution in [0.15, 0.2) is 46.9 Å². The normalized spacial score (nSPS) is 11.0. The van der Waals surface area contributed by atoms with Crippen molar-refractivity contribution in [1.82, 2.24) is 9.78 Å². The van der Waals surface area contributed by atoms with Crippen molar-refractivity contribution in [3.63, 3.8) is 0 Å². The Hall–Kier alpha value is -1.52. The Labute approximate surface area is 137 Å². The van der Waals surface area contributed by atoms with Crippen molar-refractivity contribution in [2.24, 2.45) is 0 Å². The van der Waals surface area contributed by atoms with E-state index in [1.54, 1.807) is 0 Å². The number of hydrogen-bond acceptors (Lipinski definition) is 2. The Kier molecular flexibility index (Phi) is 4.17. The highest BCUT2D eigenvalue weighted by Gasteiger charge is 2.09. The van der Waals surface area contributed by atoms with Gasteiger partial charge in [-0.25, -0.2) is 0 Å². The first-order valence-corrected chi connectivity index (χ1v) is 7.99. The van der Waals surface area contributed by atoms with Crippen molar-refractivity contribution >= 4 is 44.1 Å². The van der Waals surface area contributed by atoms with Crippen molar-refractivity contribution in [1.29, 1.82) is 0 Å². The van der Waals surface area contributed by atoms with Crippen molar-refractivity contribution < 1.29 is 0 Å². The summed E-state index contributed by atoms with van der Waals surface area (Å²) in [5.74, 6) is 0. The van der Waals surface area contributed by atoms with Gasteiger partial charge in [0.25, 0.3) is 0 Å². The highest BCUT2D eigenvalue weighted by atomic mass is 79.9. The predicted molar refractivity (Wildman–Crippen MR) is 91.9 cm³/mol. The Morgan fingerprint density at radius 3 is 2.81 bits per heavy atom. The van der Waals surface area contributed by atoms with Gasteiger partial charge in [-0.15, -0.1) is 0 Å². The van der Waals surface area contributed by atoms with Crippen LogP contribution in [0.25, 0.3) is 10.9 Å². The minimum Gasteiger partial charge on any atom is -0.378 e. The van der Waals surface area contributed by atoms with Crippen LogP contribution in [0.1, 0.15) is 12.6 Å². The van der Waals surface area contributed by atoms with Gasteiger partial charge in [0.05, 0.1) is 28.5 Å². The number of hydrogen-bond donors (Lipinski definition) is 1. The van der Waals surface area contributed by atoms with E-state index in [4.69, 9.17) is 11.6 Å². The van der Waals surface area contributed by atoms with E-state index < -0.39 is 0 Å². The fraction of sp³-hybridized carbons (Fsp3) is 0.188. The van der Waals surface area contributed by atoms with Gasteiger partial charge in [0.1, 0.15) is 0 Å². The molecule has 0 radical (unpaired) electrons. The fourth-order valence-corrected chi connectivity index (χ4v) is 3.12. The average Bonchev–Trinajstić information content (AvgIpc) is 2.85. The molecule has 0 atom stereocenters. The monoisotopic (exact) mass is 363 g/mol. The highest BCUT2D eigenvalue weighted by molar-refractivity contribution is 9.10. The van der Waals surface area contributed by atoms with E-state index >= 15 is 0 Å². The Balaban J connectivity index is 1.88. The Morgan fingerprint density at radius 1 is 1.24 bits per heavy atom. The lowest BCUT2D eigenvalue weighted by molar-refractivity contribution is 0.671. The molecule has 0 spiro atoms. The molecule has 3 nitrogen and oxygen atoms in total. The Bertz CT molecular complexity index is 782. The number of benzene rings is 2. The molecule has 0 amide bonds. The van der Waals surface area contributed by atoms with Gasteiger partial charge in [-0.2, -0.15) is 5.10 Å². The molecule has 2 aromatic carbocycles. The van der Waals surface area contributed by atoms with Gasteiger partial charge in [0, 0.05) is 16.4 Å². The van der Waals surface area contributed by atoms with Crippen LogP contribution in [0.5, 0.6) is 0 Å². The zero-order valence-electron chi connectivity index (χ0n) is 11.6. The molecule has 1 N–H and O–H groups in total. The number of aryl methyl sites for hydroxylation is 1. The van der Waals surface area contributed by atoms with Crippen LogP contribution < -0.4 is 5.32 Å². The quantitative estimate of drug-likeness (QED) is 0.699. The van der Waals surface area contributed by atoms with E-state index in [0.29, 0.717) is 11.6 Å². The van der Waals surface area contributed by atoms with Crippen molar-refractivity contribution in [2.75, 3.05) is 5.32 Å². The lowest BCUT2D eigenvalue weighted by Crippen LogP contribution is -2.03. The zero-order chi connectivity index (χ0) is 14.8. The maximum atomic E-state index is 6.23. The first-order valence-electron chi connectivity index (χ1n) is 6.82. The third kappa shape index (κ3) is 2.92. The molecule has 0 unspecified atom stereocenters. The summed E-state index contributed by atoms with van der Waals surface area (Å²) in [6, 6.07) is 14.1. The molecule has 1 aromatic heterocycles. The molecule has 0 aliphatic heterocycles. The Morgan fingerprint density at radius 2 is 2.05 bits per heavy atom. The van der Waals surface area contributed by atoms with Gasteiger partial charge < -0.3 is 5.32 Å². The third-order valence-electron chi connectivity index (χ3n) is 3.41. The summed E-state index contributed by atoms with van der Waals surface area (Å²) in [6.45, 7) is 3.61. The summed E-state index contributed by atoms with van der Waals surface area (Å²) in [6.07, 6.45) is 0. The van der Waals surface area contributed by atoms with Crippen LogP contribution in [0, 0.1) is 0 Å². The van der Waals surface area contributed by atoms with Gasteiger partial charge in [0.2, 0.25) is 0 Å². The standard InChI is InChI=1S/C16H15BrClN3/c1-2-21-16-6-4-3-5-12(16)15(20-21)10-19-14-8-7-11(17)9-13(14)18/h3-9,19H,2,10H2,1H3. The summed E-state index contributed by atoms with van der Waals surface area (Å²) in [4.78, 5) is 0. The first-order chi connectivity index (χ1) is 10.2. The van der Waals surface area contributed by atoms with E-state index in [0.717, 1.165) is 22.4 Å². The van der Waals surface area contributed by atoms with Gasteiger partial charge in [-0.3, -0.25) is 4.68 Å². The van der Waals surface area contributed by atoms with Crippen LogP contribution in [0.4, 0.5) is 5.69 Å².